The van der Waals surface area contributed by atoms with Crippen molar-refractivity contribution in [3.05, 3.63) is 0 Å². The molecule has 1 saturated heterocycles. The average molecular weight is 302 g/mol. The van der Waals surface area contributed by atoms with Crippen LogP contribution in [0, 0.1) is 5.41 Å². The van der Waals surface area contributed by atoms with Crippen LogP contribution in [-0.2, 0) is 0 Å². The maximum absolute atomic E-state index is 9.46. The molecule has 0 spiro atoms. The van der Waals surface area contributed by atoms with Crippen LogP contribution < -0.4 is 10.6 Å². The number of thioether (sulfide) groups is 1. The standard InChI is InChI=1S/C15H31N3OS/c1-5-14(3,12-19)10-17-13(16-6-2)18-11-15(4)8-7-9-20-15/h19H,5-12H2,1-4H3,(H2,16,17,18). The number of nitrogens with one attached hydrogen (secondary N) is 2. The zero-order valence-corrected chi connectivity index (χ0v) is 14.3. The number of aliphatic hydroxyl groups is 1. The fourth-order valence-corrected chi connectivity index (χ4v) is 3.38. The van der Waals surface area contributed by atoms with Gasteiger partial charge in [-0.1, -0.05) is 13.8 Å². The van der Waals surface area contributed by atoms with Crippen molar-refractivity contribution in [1.29, 1.82) is 0 Å². The summed E-state index contributed by atoms with van der Waals surface area (Å²) in [5.74, 6) is 2.14. The summed E-state index contributed by atoms with van der Waals surface area (Å²) < 4.78 is 0.335. The third kappa shape index (κ3) is 5.52. The fourth-order valence-electron chi connectivity index (χ4n) is 2.13. The van der Waals surface area contributed by atoms with Gasteiger partial charge in [0.1, 0.15) is 0 Å². The molecule has 1 aliphatic rings. The highest BCUT2D eigenvalue weighted by Gasteiger charge is 2.29. The molecule has 1 aliphatic heterocycles. The van der Waals surface area contributed by atoms with Crippen molar-refractivity contribution in [2.45, 2.75) is 51.7 Å². The zero-order chi connectivity index (χ0) is 15.1. The lowest BCUT2D eigenvalue weighted by atomic mass is 9.89. The van der Waals surface area contributed by atoms with E-state index in [1.54, 1.807) is 0 Å². The maximum atomic E-state index is 9.46. The Bertz CT molecular complexity index is 310. The topological polar surface area (TPSA) is 56.7 Å². The lowest BCUT2D eigenvalue weighted by molar-refractivity contribution is 0.145. The summed E-state index contributed by atoms with van der Waals surface area (Å²) in [6.45, 7) is 11.2. The third-order valence-corrected chi connectivity index (χ3v) is 5.67. The molecule has 0 bridgehead atoms. The molecule has 0 aromatic heterocycles. The molecule has 3 N–H and O–H groups in total. The summed E-state index contributed by atoms with van der Waals surface area (Å²) in [6.07, 6.45) is 3.52. The average Bonchev–Trinajstić information content (AvgIpc) is 2.89. The molecule has 4 nitrogen and oxygen atoms in total. The Labute approximate surface area is 128 Å². The SMILES string of the molecule is CCNC(=NCC(C)(CC)CO)NCC1(C)CCCS1. The molecule has 0 aromatic carbocycles. The van der Waals surface area contributed by atoms with Gasteiger partial charge in [0.15, 0.2) is 5.96 Å². The van der Waals surface area contributed by atoms with E-state index in [1.807, 2.05) is 0 Å². The van der Waals surface area contributed by atoms with Gasteiger partial charge < -0.3 is 15.7 Å². The van der Waals surface area contributed by atoms with Gasteiger partial charge in [0, 0.05) is 23.3 Å². The second kappa shape index (κ2) is 8.13. The number of nitrogens with zero attached hydrogens (tertiary/aromatic N) is 1. The molecule has 0 aliphatic carbocycles. The highest BCUT2D eigenvalue weighted by molar-refractivity contribution is 8.00. The molecular formula is C15H31N3OS. The second-order valence-electron chi connectivity index (χ2n) is 6.27. The molecule has 1 fully saturated rings. The Morgan fingerprint density at radius 3 is 2.65 bits per heavy atom. The van der Waals surface area contributed by atoms with E-state index >= 15 is 0 Å². The molecule has 2 unspecified atom stereocenters. The van der Waals surface area contributed by atoms with Crippen molar-refractivity contribution in [2.75, 3.05) is 32.0 Å². The Hall–Kier alpha value is -0.420. The Balaban J connectivity index is 2.54. The molecule has 0 aromatic rings. The van der Waals surface area contributed by atoms with E-state index in [9.17, 15) is 5.11 Å². The summed E-state index contributed by atoms with van der Waals surface area (Å²) in [5, 5.41) is 16.2. The van der Waals surface area contributed by atoms with Gasteiger partial charge in [-0.25, -0.2) is 0 Å². The summed E-state index contributed by atoms with van der Waals surface area (Å²) in [7, 11) is 0. The van der Waals surface area contributed by atoms with E-state index in [-0.39, 0.29) is 12.0 Å². The minimum atomic E-state index is -0.117. The smallest absolute Gasteiger partial charge is 0.191 e. The van der Waals surface area contributed by atoms with Gasteiger partial charge in [-0.05, 0) is 38.9 Å². The van der Waals surface area contributed by atoms with Crippen LogP contribution in [0.5, 0.6) is 0 Å². The van der Waals surface area contributed by atoms with E-state index in [4.69, 9.17) is 0 Å². The highest BCUT2D eigenvalue weighted by Crippen LogP contribution is 2.36. The molecular weight excluding hydrogens is 270 g/mol. The molecule has 1 rings (SSSR count). The van der Waals surface area contributed by atoms with Crippen molar-refractivity contribution in [1.82, 2.24) is 10.6 Å². The van der Waals surface area contributed by atoms with Gasteiger partial charge in [0.05, 0.1) is 13.2 Å². The number of rotatable bonds is 7. The van der Waals surface area contributed by atoms with Crippen molar-refractivity contribution in [3.63, 3.8) is 0 Å². The maximum Gasteiger partial charge on any atom is 0.191 e. The number of hydrogen-bond donors (Lipinski definition) is 3. The quantitative estimate of drug-likeness (QED) is 0.498. The monoisotopic (exact) mass is 301 g/mol. The van der Waals surface area contributed by atoms with Crippen LogP contribution in [0.4, 0.5) is 0 Å². The van der Waals surface area contributed by atoms with Crippen LogP contribution in [0.3, 0.4) is 0 Å². The number of hydrogen-bond acceptors (Lipinski definition) is 3. The first kappa shape index (κ1) is 17.6. The number of aliphatic hydroxyl groups excluding tert-OH is 1. The van der Waals surface area contributed by atoms with Crippen molar-refractivity contribution < 1.29 is 5.11 Å². The normalized spacial score (nSPS) is 26.4. The summed E-state index contributed by atoms with van der Waals surface area (Å²) >= 11 is 2.05. The van der Waals surface area contributed by atoms with E-state index in [2.05, 4.69) is 55.1 Å². The number of aliphatic imine (C=N–C) groups is 1. The predicted octanol–water partition coefficient (Wildman–Crippen LogP) is 2.24. The molecule has 2 atom stereocenters. The first-order valence-corrected chi connectivity index (χ1v) is 8.72. The van der Waals surface area contributed by atoms with Crippen LogP contribution in [0.15, 0.2) is 4.99 Å². The van der Waals surface area contributed by atoms with E-state index in [1.165, 1.54) is 18.6 Å². The second-order valence-corrected chi connectivity index (χ2v) is 7.96. The summed E-state index contributed by atoms with van der Waals surface area (Å²) in [6, 6.07) is 0. The first-order valence-electron chi connectivity index (χ1n) is 7.74. The van der Waals surface area contributed by atoms with E-state index in [0.717, 1.165) is 25.5 Å². The van der Waals surface area contributed by atoms with Gasteiger partial charge >= 0.3 is 0 Å². The summed E-state index contributed by atoms with van der Waals surface area (Å²) in [5.41, 5.74) is -0.117. The van der Waals surface area contributed by atoms with Crippen LogP contribution >= 0.6 is 11.8 Å². The van der Waals surface area contributed by atoms with E-state index in [0.29, 0.717) is 11.3 Å². The van der Waals surface area contributed by atoms with E-state index < -0.39 is 0 Å². The Morgan fingerprint density at radius 2 is 2.15 bits per heavy atom. The lowest BCUT2D eigenvalue weighted by Crippen LogP contribution is -2.44. The first-order chi connectivity index (χ1) is 9.47. The Morgan fingerprint density at radius 1 is 1.40 bits per heavy atom. The molecule has 0 saturated carbocycles. The molecule has 0 amide bonds. The van der Waals surface area contributed by atoms with Crippen LogP contribution in [0.25, 0.3) is 0 Å². The van der Waals surface area contributed by atoms with Gasteiger partial charge in [0.25, 0.3) is 0 Å². The largest absolute Gasteiger partial charge is 0.396 e. The molecule has 118 valence electrons. The summed E-state index contributed by atoms with van der Waals surface area (Å²) in [4.78, 5) is 4.64. The fraction of sp³-hybridized carbons (Fsp3) is 0.933. The zero-order valence-electron chi connectivity index (χ0n) is 13.5. The minimum Gasteiger partial charge on any atom is -0.396 e. The molecule has 1 heterocycles. The van der Waals surface area contributed by atoms with Crippen molar-refractivity contribution >= 4 is 17.7 Å². The van der Waals surface area contributed by atoms with Crippen molar-refractivity contribution in [3.8, 4) is 0 Å². The number of guanidine groups is 1. The Kier molecular flexibility index (Phi) is 7.17. The third-order valence-electron chi connectivity index (χ3n) is 4.13. The van der Waals surface area contributed by atoms with Crippen LogP contribution in [0.1, 0.15) is 47.0 Å². The van der Waals surface area contributed by atoms with Crippen LogP contribution in [0.2, 0.25) is 0 Å². The molecule has 0 radical (unpaired) electrons. The van der Waals surface area contributed by atoms with Crippen LogP contribution in [-0.4, -0.2) is 47.8 Å². The van der Waals surface area contributed by atoms with Gasteiger partial charge in [-0.15, -0.1) is 0 Å². The van der Waals surface area contributed by atoms with Gasteiger partial charge in [-0.2, -0.15) is 11.8 Å². The predicted molar refractivity (Wildman–Crippen MR) is 89.6 cm³/mol. The molecule has 20 heavy (non-hydrogen) atoms. The van der Waals surface area contributed by atoms with Crippen molar-refractivity contribution in [2.24, 2.45) is 10.4 Å². The minimum absolute atomic E-state index is 0.117. The van der Waals surface area contributed by atoms with Gasteiger partial charge in [0.2, 0.25) is 0 Å². The van der Waals surface area contributed by atoms with Gasteiger partial charge in [-0.3, -0.25) is 4.99 Å². The highest BCUT2D eigenvalue weighted by atomic mass is 32.2. The lowest BCUT2D eigenvalue weighted by Gasteiger charge is -2.26. The molecule has 5 heteroatoms.